The molecule has 0 spiro atoms. The second kappa shape index (κ2) is 7.49. The van der Waals surface area contributed by atoms with E-state index in [1.165, 1.54) is 6.92 Å². The van der Waals surface area contributed by atoms with E-state index in [0.717, 1.165) is 0 Å². The third-order valence-electron chi connectivity index (χ3n) is 2.52. The standard InChI is InChI=1S/C13H15ClN2O5/c1-7(21-9-4-2-8(14)3-5-9)12(18)16-10(13(19)20)6-11(15)17/h2-5,7,10H,6H2,1H3,(H2,15,17)(H,16,18)(H,19,20)/t7?,10-/m1/s1. The number of carboxylic acid groups (broad SMARTS) is 1. The molecule has 1 aromatic carbocycles. The Bertz CT molecular complexity index is 532. The van der Waals surface area contributed by atoms with Crippen molar-refractivity contribution >= 4 is 29.4 Å². The molecule has 0 radical (unpaired) electrons. The SMILES string of the molecule is CC(Oc1ccc(Cl)cc1)C(=O)N[C@H](CC(N)=O)C(=O)O. The molecule has 0 saturated carbocycles. The molecule has 114 valence electrons. The summed E-state index contributed by atoms with van der Waals surface area (Å²) in [5, 5.41) is 11.6. The third kappa shape index (κ3) is 5.70. The zero-order valence-corrected chi connectivity index (χ0v) is 12.0. The number of ether oxygens (including phenoxy) is 1. The molecule has 0 aromatic heterocycles. The molecule has 0 heterocycles. The average Bonchev–Trinajstić information content (AvgIpc) is 2.39. The summed E-state index contributed by atoms with van der Waals surface area (Å²) in [4.78, 5) is 33.5. The second-order valence-corrected chi connectivity index (χ2v) is 4.72. The van der Waals surface area contributed by atoms with Crippen molar-refractivity contribution in [1.82, 2.24) is 5.32 Å². The molecule has 0 aliphatic carbocycles. The monoisotopic (exact) mass is 314 g/mol. The molecule has 1 aromatic rings. The lowest BCUT2D eigenvalue weighted by molar-refractivity contribution is -0.144. The van der Waals surface area contributed by atoms with Crippen LogP contribution in [0.4, 0.5) is 0 Å². The van der Waals surface area contributed by atoms with E-state index >= 15 is 0 Å². The van der Waals surface area contributed by atoms with Gasteiger partial charge in [0.1, 0.15) is 11.8 Å². The van der Waals surface area contributed by atoms with Gasteiger partial charge >= 0.3 is 5.97 Å². The minimum absolute atomic E-state index is 0.406. The maximum atomic E-state index is 11.8. The lowest BCUT2D eigenvalue weighted by atomic mass is 10.2. The lowest BCUT2D eigenvalue weighted by Crippen LogP contribution is -2.47. The summed E-state index contributed by atoms with van der Waals surface area (Å²) in [5.41, 5.74) is 4.92. The van der Waals surface area contributed by atoms with Crippen molar-refractivity contribution in [3.63, 3.8) is 0 Å². The maximum absolute atomic E-state index is 11.8. The highest BCUT2D eigenvalue weighted by Crippen LogP contribution is 2.16. The van der Waals surface area contributed by atoms with Crippen LogP contribution in [0.3, 0.4) is 0 Å². The number of aliphatic carboxylic acids is 1. The molecule has 4 N–H and O–H groups in total. The predicted octanol–water partition coefficient (Wildman–Crippen LogP) is 0.552. The van der Waals surface area contributed by atoms with Crippen molar-refractivity contribution in [1.29, 1.82) is 0 Å². The first-order chi connectivity index (χ1) is 9.79. The summed E-state index contributed by atoms with van der Waals surface area (Å²) < 4.78 is 5.34. The van der Waals surface area contributed by atoms with Crippen molar-refractivity contribution in [3.8, 4) is 5.75 Å². The topological polar surface area (TPSA) is 119 Å². The van der Waals surface area contributed by atoms with Gasteiger partial charge in [0.15, 0.2) is 6.10 Å². The molecule has 1 unspecified atom stereocenters. The summed E-state index contributed by atoms with van der Waals surface area (Å²) in [5.74, 6) is -2.43. The van der Waals surface area contributed by atoms with Crippen LogP contribution in [0.5, 0.6) is 5.75 Å². The van der Waals surface area contributed by atoms with Gasteiger partial charge in [-0.2, -0.15) is 0 Å². The molecule has 2 atom stereocenters. The molecule has 21 heavy (non-hydrogen) atoms. The van der Waals surface area contributed by atoms with Crippen LogP contribution >= 0.6 is 11.6 Å². The highest BCUT2D eigenvalue weighted by Gasteiger charge is 2.25. The van der Waals surface area contributed by atoms with Gasteiger partial charge in [-0.05, 0) is 31.2 Å². The van der Waals surface area contributed by atoms with Crippen LogP contribution < -0.4 is 15.8 Å². The van der Waals surface area contributed by atoms with E-state index in [4.69, 9.17) is 27.2 Å². The van der Waals surface area contributed by atoms with Gasteiger partial charge in [0, 0.05) is 5.02 Å². The van der Waals surface area contributed by atoms with Gasteiger partial charge < -0.3 is 20.9 Å². The van der Waals surface area contributed by atoms with Gasteiger partial charge in [0.2, 0.25) is 5.91 Å². The van der Waals surface area contributed by atoms with Gasteiger partial charge in [0.05, 0.1) is 6.42 Å². The lowest BCUT2D eigenvalue weighted by Gasteiger charge is -2.18. The Morgan fingerprint density at radius 3 is 2.38 bits per heavy atom. The Kier molecular flexibility index (Phi) is 5.98. The van der Waals surface area contributed by atoms with Gasteiger partial charge in [-0.15, -0.1) is 0 Å². The van der Waals surface area contributed by atoms with E-state index in [1.807, 2.05) is 0 Å². The molecule has 1 rings (SSSR count). The quantitative estimate of drug-likeness (QED) is 0.679. The Morgan fingerprint density at radius 1 is 1.33 bits per heavy atom. The average molecular weight is 315 g/mol. The molecular weight excluding hydrogens is 300 g/mol. The smallest absolute Gasteiger partial charge is 0.326 e. The summed E-state index contributed by atoms with van der Waals surface area (Å²) in [6.07, 6.45) is -1.43. The minimum atomic E-state index is -1.38. The van der Waals surface area contributed by atoms with Gasteiger partial charge in [0.25, 0.3) is 5.91 Å². The maximum Gasteiger partial charge on any atom is 0.326 e. The number of primary amides is 1. The van der Waals surface area contributed by atoms with E-state index < -0.39 is 36.4 Å². The number of hydrogen-bond acceptors (Lipinski definition) is 4. The van der Waals surface area contributed by atoms with E-state index in [9.17, 15) is 14.4 Å². The molecule has 0 aliphatic rings. The van der Waals surface area contributed by atoms with E-state index in [0.29, 0.717) is 10.8 Å². The van der Waals surface area contributed by atoms with Crippen molar-refractivity contribution in [2.75, 3.05) is 0 Å². The zero-order chi connectivity index (χ0) is 16.0. The van der Waals surface area contributed by atoms with Crippen LogP contribution in [0.15, 0.2) is 24.3 Å². The number of halogens is 1. The zero-order valence-electron chi connectivity index (χ0n) is 11.2. The van der Waals surface area contributed by atoms with Gasteiger partial charge in [-0.25, -0.2) is 4.79 Å². The van der Waals surface area contributed by atoms with Gasteiger partial charge in [-0.3, -0.25) is 9.59 Å². The first kappa shape index (κ1) is 16.8. The summed E-state index contributed by atoms with van der Waals surface area (Å²) >= 11 is 5.72. The first-order valence-electron chi connectivity index (χ1n) is 6.03. The fourth-order valence-electron chi connectivity index (χ4n) is 1.46. The fraction of sp³-hybridized carbons (Fsp3) is 0.308. The molecule has 0 fully saturated rings. The first-order valence-corrected chi connectivity index (χ1v) is 6.41. The van der Waals surface area contributed by atoms with Crippen molar-refractivity contribution in [2.45, 2.75) is 25.5 Å². The van der Waals surface area contributed by atoms with Crippen LogP contribution in [-0.2, 0) is 14.4 Å². The van der Waals surface area contributed by atoms with Crippen LogP contribution in [0.1, 0.15) is 13.3 Å². The minimum Gasteiger partial charge on any atom is -0.481 e. The molecule has 0 aliphatic heterocycles. The summed E-state index contributed by atoms with van der Waals surface area (Å²) in [6.45, 7) is 1.45. The van der Waals surface area contributed by atoms with E-state index in [-0.39, 0.29) is 0 Å². The van der Waals surface area contributed by atoms with Crippen molar-refractivity contribution < 1.29 is 24.2 Å². The van der Waals surface area contributed by atoms with Crippen molar-refractivity contribution in [3.05, 3.63) is 29.3 Å². The number of benzene rings is 1. The fourth-order valence-corrected chi connectivity index (χ4v) is 1.59. The molecule has 2 amide bonds. The molecule has 0 bridgehead atoms. The normalized spacial score (nSPS) is 13.0. The molecule has 7 nitrogen and oxygen atoms in total. The van der Waals surface area contributed by atoms with Gasteiger partial charge in [-0.1, -0.05) is 11.6 Å². The van der Waals surface area contributed by atoms with Crippen LogP contribution in [0.2, 0.25) is 5.02 Å². The number of hydrogen-bond donors (Lipinski definition) is 3. The Morgan fingerprint density at radius 2 is 1.90 bits per heavy atom. The molecule has 0 saturated heterocycles. The number of nitrogens with two attached hydrogens (primary N) is 1. The Balaban J connectivity index is 2.62. The molecular formula is C13H15ClN2O5. The predicted molar refractivity (Wildman–Crippen MR) is 74.9 cm³/mol. The third-order valence-corrected chi connectivity index (χ3v) is 2.77. The number of carboxylic acids is 1. The number of amides is 2. The largest absolute Gasteiger partial charge is 0.481 e. The number of nitrogens with one attached hydrogen (secondary N) is 1. The van der Waals surface area contributed by atoms with Crippen LogP contribution in [-0.4, -0.2) is 35.0 Å². The van der Waals surface area contributed by atoms with Crippen molar-refractivity contribution in [2.24, 2.45) is 5.73 Å². The Labute approximate surface area is 126 Å². The highest BCUT2D eigenvalue weighted by atomic mass is 35.5. The number of carbonyl (C=O) groups is 3. The van der Waals surface area contributed by atoms with Crippen LogP contribution in [0, 0.1) is 0 Å². The van der Waals surface area contributed by atoms with E-state index in [2.05, 4.69) is 5.32 Å². The highest BCUT2D eigenvalue weighted by molar-refractivity contribution is 6.30. The Hall–Kier alpha value is -2.28. The number of carbonyl (C=O) groups excluding carboxylic acids is 2. The summed E-state index contributed by atoms with van der Waals surface area (Å²) in [6, 6.07) is 4.95. The van der Waals surface area contributed by atoms with Crippen LogP contribution in [0.25, 0.3) is 0 Å². The van der Waals surface area contributed by atoms with E-state index in [1.54, 1.807) is 24.3 Å². The number of rotatable bonds is 7. The molecule has 8 heteroatoms. The summed E-state index contributed by atoms with van der Waals surface area (Å²) in [7, 11) is 0. The second-order valence-electron chi connectivity index (χ2n) is 4.28.